The van der Waals surface area contributed by atoms with Gasteiger partial charge in [-0.25, -0.2) is 14.4 Å². The van der Waals surface area contributed by atoms with Gasteiger partial charge in [-0.1, -0.05) is 12.1 Å². The molecule has 2 aromatic rings. The van der Waals surface area contributed by atoms with Crippen LogP contribution in [0.25, 0.3) is 5.70 Å². The molecule has 0 bridgehead atoms. The van der Waals surface area contributed by atoms with Crippen LogP contribution in [0, 0.1) is 12.7 Å². The molecule has 4 rings (SSSR count). The maximum atomic E-state index is 14.3. The van der Waals surface area contributed by atoms with Gasteiger partial charge in [0.05, 0.1) is 11.9 Å². The number of aliphatic hydroxyl groups is 1. The van der Waals surface area contributed by atoms with Gasteiger partial charge in [0.25, 0.3) is 0 Å². The van der Waals surface area contributed by atoms with Crippen LogP contribution < -0.4 is 21.3 Å². The number of hydrazine groups is 2. The second kappa shape index (κ2) is 4.72. The predicted molar refractivity (Wildman–Crippen MR) is 85.3 cm³/mol. The minimum atomic E-state index is -0.430. The minimum Gasteiger partial charge on any atom is -0.492 e. The van der Waals surface area contributed by atoms with E-state index in [9.17, 15) is 9.50 Å². The Balaban J connectivity index is 1.83. The molecule has 0 amide bonds. The highest BCUT2D eigenvalue weighted by Gasteiger charge is 2.35. The monoisotopic (exact) mass is 311 g/mol. The fraction of sp³-hybridized carbons (Fsp3) is 0.0625. The Bertz CT molecular complexity index is 859. The summed E-state index contributed by atoms with van der Waals surface area (Å²) in [6.45, 7) is 1.87. The Hall–Kier alpha value is -3.06. The lowest BCUT2D eigenvalue weighted by atomic mass is 10.0. The summed E-state index contributed by atoms with van der Waals surface area (Å²) in [5, 5.41) is 13.4. The van der Waals surface area contributed by atoms with Gasteiger partial charge in [0.15, 0.2) is 0 Å². The first-order chi connectivity index (χ1) is 11.1. The van der Waals surface area contributed by atoms with Gasteiger partial charge in [0.2, 0.25) is 5.88 Å². The summed E-state index contributed by atoms with van der Waals surface area (Å²) in [6, 6.07) is 8.31. The molecule has 0 spiro atoms. The quantitative estimate of drug-likeness (QED) is 0.750. The number of hydrogen-bond acceptors (Lipinski definition) is 6. The lowest BCUT2D eigenvalue weighted by Crippen LogP contribution is -2.43. The van der Waals surface area contributed by atoms with E-state index in [1.165, 1.54) is 16.1 Å². The van der Waals surface area contributed by atoms with Gasteiger partial charge in [0.1, 0.15) is 17.2 Å². The maximum absolute atomic E-state index is 14.3. The van der Waals surface area contributed by atoms with Crippen LogP contribution in [-0.2, 0) is 0 Å². The van der Waals surface area contributed by atoms with Crippen molar-refractivity contribution in [1.82, 2.24) is 10.5 Å². The molecule has 2 aliphatic rings. The van der Waals surface area contributed by atoms with Crippen LogP contribution in [0.5, 0.6) is 0 Å². The van der Waals surface area contributed by atoms with Crippen molar-refractivity contribution in [3.8, 4) is 0 Å². The Kier molecular flexibility index (Phi) is 2.79. The van der Waals surface area contributed by atoms with Crippen LogP contribution in [0.1, 0.15) is 11.3 Å². The minimum absolute atomic E-state index is 0.0764. The van der Waals surface area contributed by atoms with Crippen molar-refractivity contribution in [2.45, 2.75) is 6.92 Å². The van der Waals surface area contributed by atoms with Crippen molar-refractivity contribution in [2.24, 2.45) is 5.73 Å². The van der Waals surface area contributed by atoms with Crippen molar-refractivity contribution in [2.75, 3.05) is 10.0 Å². The number of hydrogen-bond donors (Lipinski definition) is 3. The second-order valence-corrected chi connectivity index (χ2v) is 5.37. The van der Waals surface area contributed by atoms with E-state index >= 15 is 0 Å². The molecule has 0 fully saturated rings. The van der Waals surface area contributed by atoms with Gasteiger partial charge in [-0.3, -0.25) is 4.98 Å². The summed E-state index contributed by atoms with van der Waals surface area (Å²) >= 11 is 0. The third kappa shape index (κ3) is 1.94. The highest BCUT2D eigenvalue weighted by atomic mass is 19.1. The van der Waals surface area contributed by atoms with E-state index in [0.29, 0.717) is 22.6 Å². The Morgan fingerprint density at radius 2 is 2.04 bits per heavy atom. The molecule has 0 saturated heterocycles. The van der Waals surface area contributed by atoms with E-state index in [2.05, 4.69) is 10.5 Å². The van der Waals surface area contributed by atoms with Crippen LogP contribution >= 0.6 is 0 Å². The van der Waals surface area contributed by atoms with Crippen molar-refractivity contribution in [1.29, 1.82) is 0 Å². The number of para-hydroxylation sites is 1. The van der Waals surface area contributed by atoms with Gasteiger partial charge in [0, 0.05) is 17.0 Å². The fourth-order valence-corrected chi connectivity index (χ4v) is 2.69. The van der Waals surface area contributed by atoms with E-state index in [1.807, 2.05) is 13.0 Å². The summed E-state index contributed by atoms with van der Waals surface area (Å²) < 4.78 is 14.3. The summed E-state index contributed by atoms with van der Waals surface area (Å²) in [5.41, 5.74) is 12.1. The van der Waals surface area contributed by atoms with Crippen molar-refractivity contribution in [3.63, 3.8) is 0 Å². The zero-order valence-corrected chi connectivity index (χ0v) is 12.3. The standard InChI is InChI=1S/C16H14FN5O/c1-9-5-6-10(8-19-9)21-16(23)14-7-13(18)11-3-2-4-12(17)15(11)22(14)20-21/h2-8,20,23H,18H2,1H3. The first kappa shape index (κ1) is 13.6. The van der Waals surface area contributed by atoms with Crippen molar-refractivity contribution >= 4 is 17.1 Å². The lowest BCUT2D eigenvalue weighted by Gasteiger charge is -2.28. The summed E-state index contributed by atoms with van der Waals surface area (Å²) in [4.78, 5) is 4.20. The molecular formula is C16H14FN5O. The third-order valence-electron chi connectivity index (χ3n) is 3.85. The number of fused-ring (bicyclic) bond motifs is 3. The number of pyridine rings is 1. The van der Waals surface area contributed by atoms with E-state index in [-0.39, 0.29) is 11.6 Å². The number of halogens is 1. The fourth-order valence-electron chi connectivity index (χ4n) is 2.69. The number of allylic oxidation sites excluding steroid dienone is 1. The molecule has 1 aromatic heterocycles. The largest absolute Gasteiger partial charge is 0.492 e. The van der Waals surface area contributed by atoms with E-state index in [1.54, 1.807) is 30.5 Å². The molecule has 4 N–H and O–H groups in total. The molecule has 0 atom stereocenters. The van der Waals surface area contributed by atoms with Gasteiger partial charge in [-0.15, -0.1) is 5.53 Å². The normalized spacial score (nSPS) is 16.3. The average Bonchev–Trinajstić information content (AvgIpc) is 2.86. The molecule has 2 aliphatic heterocycles. The number of aryl methyl sites for hydroxylation is 1. The Labute approximate surface area is 131 Å². The van der Waals surface area contributed by atoms with Gasteiger partial charge in [-0.2, -0.15) is 0 Å². The van der Waals surface area contributed by atoms with Crippen LogP contribution in [-0.4, -0.2) is 10.1 Å². The van der Waals surface area contributed by atoms with Crippen LogP contribution in [0.3, 0.4) is 0 Å². The molecular weight excluding hydrogens is 297 g/mol. The molecule has 1 aromatic carbocycles. The molecule has 0 unspecified atom stereocenters. The predicted octanol–water partition coefficient (Wildman–Crippen LogP) is 2.32. The summed E-state index contributed by atoms with van der Waals surface area (Å²) in [5.74, 6) is -0.507. The highest BCUT2D eigenvalue weighted by Crippen LogP contribution is 2.39. The van der Waals surface area contributed by atoms with Gasteiger partial charge >= 0.3 is 0 Å². The van der Waals surface area contributed by atoms with E-state index < -0.39 is 5.82 Å². The zero-order chi connectivity index (χ0) is 16.1. The molecule has 0 radical (unpaired) electrons. The molecule has 23 heavy (non-hydrogen) atoms. The molecule has 0 aliphatic carbocycles. The van der Waals surface area contributed by atoms with Crippen LogP contribution in [0.15, 0.2) is 54.2 Å². The molecule has 116 valence electrons. The van der Waals surface area contributed by atoms with E-state index in [0.717, 1.165) is 5.69 Å². The van der Waals surface area contributed by atoms with Crippen LogP contribution in [0.2, 0.25) is 0 Å². The van der Waals surface area contributed by atoms with Crippen molar-refractivity contribution < 1.29 is 9.50 Å². The number of nitrogens with two attached hydrogens (primary N) is 1. The second-order valence-electron chi connectivity index (χ2n) is 5.37. The average molecular weight is 311 g/mol. The number of benzene rings is 1. The Morgan fingerprint density at radius 1 is 1.22 bits per heavy atom. The number of nitrogens with one attached hydrogen (secondary N) is 1. The Morgan fingerprint density at radius 3 is 2.78 bits per heavy atom. The first-order valence-corrected chi connectivity index (χ1v) is 7.05. The third-order valence-corrected chi connectivity index (χ3v) is 3.85. The number of anilines is 2. The number of rotatable bonds is 1. The summed E-state index contributed by atoms with van der Waals surface area (Å²) in [6.07, 6.45) is 3.22. The number of aromatic nitrogens is 1. The maximum Gasteiger partial charge on any atom is 0.234 e. The molecule has 6 nitrogen and oxygen atoms in total. The van der Waals surface area contributed by atoms with E-state index in [4.69, 9.17) is 5.73 Å². The topological polar surface area (TPSA) is 77.6 Å². The highest BCUT2D eigenvalue weighted by molar-refractivity contribution is 5.84. The SMILES string of the molecule is Cc1ccc(N2NN3C(=C2O)C=C(N)c2cccc(F)c23)cn1. The number of aliphatic hydroxyl groups excluding tert-OH is 1. The number of nitrogens with zero attached hydrogens (tertiary/aromatic N) is 3. The first-order valence-electron chi connectivity index (χ1n) is 7.05. The van der Waals surface area contributed by atoms with Gasteiger partial charge in [-0.05, 0) is 31.2 Å². The molecule has 3 heterocycles. The van der Waals surface area contributed by atoms with Gasteiger partial charge < -0.3 is 10.8 Å². The molecule has 0 saturated carbocycles. The lowest BCUT2D eigenvalue weighted by molar-refractivity contribution is 0.388. The van der Waals surface area contributed by atoms with Crippen molar-refractivity contribution in [3.05, 3.63) is 71.3 Å². The summed E-state index contributed by atoms with van der Waals surface area (Å²) in [7, 11) is 0. The molecule has 7 heteroatoms. The zero-order valence-electron chi connectivity index (χ0n) is 12.3. The smallest absolute Gasteiger partial charge is 0.234 e. The van der Waals surface area contributed by atoms with Crippen LogP contribution in [0.4, 0.5) is 15.8 Å².